The number of fused-ring (bicyclic) bond motifs is 1. The lowest BCUT2D eigenvalue weighted by Crippen LogP contribution is -2.07. The maximum absolute atomic E-state index is 5.79. The molecule has 0 unspecified atom stereocenters. The average Bonchev–Trinajstić information content (AvgIpc) is 2.63. The van der Waals surface area contributed by atoms with Gasteiger partial charge in [0, 0.05) is 18.1 Å². The second-order valence-electron chi connectivity index (χ2n) is 5.28. The van der Waals surface area contributed by atoms with E-state index in [4.69, 9.17) is 5.73 Å². The highest BCUT2D eigenvalue weighted by atomic mass is 15.0. The van der Waals surface area contributed by atoms with Gasteiger partial charge in [-0.2, -0.15) is 0 Å². The zero-order valence-electron chi connectivity index (χ0n) is 12.0. The molecule has 2 rings (SSSR count). The molecular formula is C16H24N2. The Morgan fingerprint density at radius 1 is 1.28 bits per heavy atom. The molecule has 0 bridgehead atoms. The van der Waals surface area contributed by atoms with Gasteiger partial charge in [0.25, 0.3) is 0 Å². The summed E-state index contributed by atoms with van der Waals surface area (Å²) in [6.07, 6.45) is 2.05. The second-order valence-corrected chi connectivity index (χ2v) is 5.28. The minimum atomic E-state index is 0.536. The van der Waals surface area contributed by atoms with Crippen LogP contribution in [0, 0.1) is 0 Å². The van der Waals surface area contributed by atoms with Crippen molar-refractivity contribution in [3.05, 3.63) is 35.0 Å². The smallest absolute Gasteiger partial charge is 0.0515 e. The number of aryl methyl sites for hydroxylation is 2. The number of nitrogens with zero attached hydrogens (tertiary/aromatic N) is 1. The van der Waals surface area contributed by atoms with Crippen LogP contribution in [0.2, 0.25) is 0 Å². The summed E-state index contributed by atoms with van der Waals surface area (Å²) in [4.78, 5) is 0. The zero-order chi connectivity index (χ0) is 13.3. The van der Waals surface area contributed by atoms with Gasteiger partial charge in [0.2, 0.25) is 0 Å². The van der Waals surface area contributed by atoms with Gasteiger partial charge in [-0.1, -0.05) is 39.0 Å². The van der Waals surface area contributed by atoms with Crippen molar-refractivity contribution in [1.82, 2.24) is 4.57 Å². The molecule has 0 atom stereocenters. The number of para-hydroxylation sites is 1. The van der Waals surface area contributed by atoms with E-state index in [2.05, 4.69) is 50.6 Å². The summed E-state index contributed by atoms with van der Waals surface area (Å²) in [6.45, 7) is 7.47. The molecule has 1 aromatic carbocycles. The molecule has 0 aliphatic heterocycles. The molecule has 0 aliphatic carbocycles. The van der Waals surface area contributed by atoms with Crippen LogP contribution in [-0.4, -0.2) is 11.1 Å². The molecule has 2 nitrogen and oxygen atoms in total. The molecule has 18 heavy (non-hydrogen) atoms. The van der Waals surface area contributed by atoms with Crippen LogP contribution in [0.3, 0.4) is 0 Å². The van der Waals surface area contributed by atoms with Gasteiger partial charge >= 0.3 is 0 Å². The molecule has 98 valence electrons. The van der Waals surface area contributed by atoms with Gasteiger partial charge in [0.1, 0.15) is 0 Å². The molecule has 1 aromatic heterocycles. The maximum Gasteiger partial charge on any atom is 0.0515 e. The van der Waals surface area contributed by atoms with Gasteiger partial charge in [-0.05, 0) is 36.4 Å². The largest absolute Gasteiger partial charge is 0.347 e. The van der Waals surface area contributed by atoms with Gasteiger partial charge in [-0.15, -0.1) is 0 Å². The minimum Gasteiger partial charge on any atom is -0.347 e. The van der Waals surface area contributed by atoms with E-state index in [1.165, 1.54) is 27.7 Å². The number of hydrogen-bond acceptors (Lipinski definition) is 1. The lowest BCUT2D eigenvalue weighted by Gasteiger charge is -2.11. The van der Waals surface area contributed by atoms with Gasteiger partial charge < -0.3 is 10.3 Å². The van der Waals surface area contributed by atoms with Crippen LogP contribution in [-0.2, 0) is 19.9 Å². The molecule has 2 heteroatoms. The van der Waals surface area contributed by atoms with Crippen molar-refractivity contribution in [3.8, 4) is 0 Å². The van der Waals surface area contributed by atoms with E-state index in [1.54, 1.807) is 0 Å². The van der Waals surface area contributed by atoms with Gasteiger partial charge in [-0.25, -0.2) is 0 Å². The fourth-order valence-corrected chi connectivity index (χ4v) is 3.12. The predicted molar refractivity (Wildman–Crippen MR) is 79.1 cm³/mol. The molecular weight excluding hydrogens is 220 g/mol. The first kappa shape index (κ1) is 13.2. The van der Waals surface area contributed by atoms with Gasteiger partial charge in [0.15, 0.2) is 0 Å². The van der Waals surface area contributed by atoms with E-state index in [0.29, 0.717) is 5.92 Å². The number of nitrogens with two attached hydrogens (primary N) is 1. The van der Waals surface area contributed by atoms with E-state index in [1.807, 2.05) is 0 Å². The third kappa shape index (κ3) is 1.95. The van der Waals surface area contributed by atoms with E-state index in [-0.39, 0.29) is 0 Å². The van der Waals surface area contributed by atoms with Crippen molar-refractivity contribution in [2.45, 2.75) is 39.5 Å². The second kappa shape index (κ2) is 5.15. The van der Waals surface area contributed by atoms with Crippen molar-refractivity contribution >= 4 is 10.9 Å². The van der Waals surface area contributed by atoms with Crippen molar-refractivity contribution in [1.29, 1.82) is 0 Å². The van der Waals surface area contributed by atoms with E-state index in [0.717, 1.165) is 19.4 Å². The summed E-state index contributed by atoms with van der Waals surface area (Å²) in [5.41, 5.74) is 11.5. The summed E-state index contributed by atoms with van der Waals surface area (Å²) in [5.74, 6) is 0.536. The fraction of sp³-hybridized carbons (Fsp3) is 0.500. The standard InChI is InChI=1S/C16H24N2/c1-5-12-7-6-8-13-14(9-10-17)15(11(2)3)18(4)16(12)13/h6-8,11H,5,9-10,17H2,1-4H3. The number of hydrogen-bond donors (Lipinski definition) is 1. The number of benzene rings is 1. The van der Waals surface area contributed by atoms with Gasteiger partial charge in [0.05, 0.1) is 5.52 Å². The zero-order valence-corrected chi connectivity index (χ0v) is 12.0. The SMILES string of the molecule is CCc1cccc2c(CCN)c(C(C)C)n(C)c12. The lowest BCUT2D eigenvalue weighted by molar-refractivity contribution is 0.735. The highest BCUT2D eigenvalue weighted by molar-refractivity contribution is 5.88. The molecule has 0 radical (unpaired) electrons. The molecule has 0 aliphatic rings. The van der Waals surface area contributed by atoms with Gasteiger partial charge in [-0.3, -0.25) is 0 Å². The van der Waals surface area contributed by atoms with E-state index in [9.17, 15) is 0 Å². The summed E-state index contributed by atoms with van der Waals surface area (Å²) in [6, 6.07) is 6.65. The van der Waals surface area contributed by atoms with Crippen LogP contribution in [0.5, 0.6) is 0 Å². The Labute approximate surface area is 110 Å². The van der Waals surface area contributed by atoms with Crippen molar-refractivity contribution < 1.29 is 0 Å². The van der Waals surface area contributed by atoms with Crippen LogP contribution >= 0.6 is 0 Å². The quantitative estimate of drug-likeness (QED) is 0.878. The number of rotatable bonds is 4. The Morgan fingerprint density at radius 2 is 2.00 bits per heavy atom. The molecule has 0 fully saturated rings. The average molecular weight is 244 g/mol. The van der Waals surface area contributed by atoms with E-state index < -0.39 is 0 Å². The Balaban J connectivity index is 2.82. The minimum absolute atomic E-state index is 0.536. The van der Waals surface area contributed by atoms with Crippen molar-refractivity contribution in [2.75, 3.05) is 6.54 Å². The molecule has 2 aromatic rings. The van der Waals surface area contributed by atoms with Crippen LogP contribution in [0.25, 0.3) is 10.9 Å². The predicted octanol–water partition coefficient (Wildman–Crippen LogP) is 3.37. The van der Waals surface area contributed by atoms with Crippen LogP contribution < -0.4 is 5.73 Å². The molecule has 2 N–H and O–H groups in total. The normalized spacial score (nSPS) is 11.7. The Hall–Kier alpha value is -1.28. The molecule has 0 saturated carbocycles. The van der Waals surface area contributed by atoms with E-state index >= 15 is 0 Å². The maximum atomic E-state index is 5.79. The van der Waals surface area contributed by atoms with Crippen LogP contribution in [0.4, 0.5) is 0 Å². The Kier molecular flexibility index (Phi) is 3.76. The van der Waals surface area contributed by atoms with Crippen LogP contribution in [0.1, 0.15) is 43.5 Å². The molecule has 0 saturated heterocycles. The fourth-order valence-electron chi connectivity index (χ4n) is 3.12. The summed E-state index contributed by atoms with van der Waals surface area (Å²) in [7, 11) is 2.19. The number of aromatic nitrogens is 1. The Bertz CT molecular complexity index is 550. The van der Waals surface area contributed by atoms with Crippen molar-refractivity contribution in [2.24, 2.45) is 12.8 Å². The third-order valence-corrected chi connectivity index (χ3v) is 3.77. The summed E-state index contributed by atoms with van der Waals surface area (Å²) >= 11 is 0. The van der Waals surface area contributed by atoms with Crippen LogP contribution in [0.15, 0.2) is 18.2 Å². The first-order valence-electron chi connectivity index (χ1n) is 6.90. The monoisotopic (exact) mass is 244 g/mol. The van der Waals surface area contributed by atoms with Crippen molar-refractivity contribution in [3.63, 3.8) is 0 Å². The third-order valence-electron chi connectivity index (χ3n) is 3.77. The first-order chi connectivity index (χ1) is 8.61. The highest BCUT2D eigenvalue weighted by Crippen LogP contribution is 2.32. The first-order valence-corrected chi connectivity index (χ1v) is 6.90. The topological polar surface area (TPSA) is 30.9 Å². The molecule has 1 heterocycles. The molecule has 0 spiro atoms. The summed E-state index contributed by atoms with van der Waals surface area (Å²) < 4.78 is 2.38. The Morgan fingerprint density at radius 3 is 2.56 bits per heavy atom. The highest BCUT2D eigenvalue weighted by Gasteiger charge is 2.18. The molecule has 0 amide bonds. The lowest BCUT2D eigenvalue weighted by atomic mass is 10.00. The summed E-state index contributed by atoms with van der Waals surface area (Å²) in [5, 5.41) is 1.39.